The summed E-state index contributed by atoms with van der Waals surface area (Å²) < 4.78 is 19.5. The predicted molar refractivity (Wildman–Crippen MR) is 91.5 cm³/mol. The second-order valence-corrected chi connectivity index (χ2v) is 5.93. The Balaban J connectivity index is 1.76. The number of amides is 1. The number of carbonyl (C=O) groups excluding carboxylic acids is 1. The first-order valence-electron chi connectivity index (χ1n) is 8.01. The Hall–Kier alpha value is -3.56. The van der Waals surface area contributed by atoms with Crippen LogP contribution in [0.2, 0.25) is 0 Å². The fourth-order valence-electron chi connectivity index (χ4n) is 2.52. The highest BCUT2D eigenvalue weighted by molar-refractivity contribution is 5.93. The van der Waals surface area contributed by atoms with Gasteiger partial charge in [0, 0.05) is 6.54 Å². The van der Waals surface area contributed by atoms with Gasteiger partial charge in [-0.2, -0.15) is 4.68 Å². The van der Waals surface area contributed by atoms with Gasteiger partial charge in [0.25, 0.3) is 5.91 Å². The van der Waals surface area contributed by atoms with Crippen molar-refractivity contribution in [2.75, 3.05) is 0 Å². The average Bonchev–Trinajstić information content (AvgIpc) is 3.18. The van der Waals surface area contributed by atoms with Crippen LogP contribution in [-0.4, -0.2) is 25.8 Å². The number of aryl methyl sites for hydroxylation is 2. The highest BCUT2D eigenvalue weighted by Gasteiger charge is 2.23. The first-order valence-corrected chi connectivity index (χ1v) is 8.01. The largest absolute Gasteiger partial charge is 0.390 e. The minimum Gasteiger partial charge on any atom is -0.361 e. The van der Waals surface area contributed by atoms with E-state index in [1.165, 1.54) is 22.9 Å². The minimum absolute atomic E-state index is 0.0761. The third kappa shape index (κ3) is 4.00. The smallest absolute Gasteiger partial charge is 0.361 e. The van der Waals surface area contributed by atoms with Gasteiger partial charge in [0.1, 0.15) is 11.6 Å². The number of carbonyl (C=O) groups is 1. The Morgan fingerprint density at radius 3 is 2.67 bits per heavy atom. The Kier molecular flexibility index (Phi) is 4.97. The second-order valence-electron chi connectivity index (χ2n) is 5.93. The van der Waals surface area contributed by atoms with Crippen molar-refractivity contribution in [3.8, 4) is 0 Å². The van der Waals surface area contributed by atoms with Gasteiger partial charge >= 0.3 is 5.82 Å². The summed E-state index contributed by atoms with van der Waals surface area (Å²) in [7, 11) is 0. The number of aromatic nitrogens is 3. The number of hydrogen-bond donors (Lipinski definition) is 1. The predicted octanol–water partition coefficient (Wildman–Crippen LogP) is 2.51. The van der Waals surface area contributed by atoms with Crippen LogP contribution in [0.25, 0.3) is 0 Å². The van der Waals surface area contributed by atoms with Crippen molar-refractivity contribution in [3.05, 3.63) is 74.5 Å². The van der Waals surface area contributed by atoms with Crippen LogP contribution in [-0.2, 0) is 13.1 Å². The molecule has 27 heavy (non-hydrogen) atoms. The van der Waals surface area contributed by atoms with Crippen LogP contribution < -0.4 is 5.32 Å². The first-order chi connectivity index (χ1) is 12.8. The Bertz CT molecular complexity index is 993. The molecule has 0 unspecified atom stereocenters. The quantitative estimate of drug-likeness (QED) is 0.524. The molecule has 0 bridgehead atoms. The van der Waals surface area contributed by atoms with Gasteiger partial charge in [0.15, 0.2) is 5.69 Å². The van der Waals surface area contributed by atoms with E-state index in [2.05, 4.69) is 15.6 Å². The molecule has 9 nitrogen and oxygen atoms in total. The molecular formula is C17H16FN5O4. The molecule has 0 aliphatic heterocycles. The molecule has 140 valence electrons. The van der Waals surface area contributed by atoms with Crippen molar-refractivity contribution in [2.45, 2.75) is 26.9 Å². The van der Waals surface area contributed by atoms with Crippen LogP contribution in [0.4, 0.5) is 10.2 Å². The fraction of sp³-hybridized carbons (Fsp3) is 0.235. The van der Waals surface area contributed by atoms with E-state index in [1.54, 1.807) is 26.0 Å². The molecule has 3 aromatic rings. The summed E-state index contributed by atoms with van der Waals surface area (Å²) in [5, 5.41) is 21.2. The number of nitro groups is 1. The summed E-state index contributed by atoms with van der Waals surface area (Å²) in [5.74, 6) is -0.683. The third-order valence-corrected chi connectivity index (χ3v) is 4.03. The number of nitrogens with one attached hydrogen (secondary N) is 1. The van der Waals surface area contributed by atoms with E-state index < -0.39 is 10.8 Å². The van der Waals surface area contributed by atoms with Gasteiger partial charge in [-0.3, -0.25) is 4.79 Å². The molecule has 10 heteroatoms. The molecule has 1 aromatic carbocycles. The maximum Gasteiger partial charge on any atom is 0.390 e. The normalized spacial score (nSPS) is 10.8. The summed E-state index contributed by atoms with van der Waals surface area (Å²) in [4.78, 5) is 22.7. The lowest BCUT2D eigenvalue weighted by Gasteiger charge is -2.05. The Morgan fingerprint density at radius 1 is 1.33 bits per heavy atom. The van der Waals surface area contributed by atoms with E-state index in [4.69, 9.17) is 4.52 Å². The third-order valence-electron chi connectivity index (χ3n) is 4.03. The zero-order valence-corrected chi connectivity index (χ0v) is 14.6. The van der Waals surface area contributed by atoms with Crippen LogP contribution >= 0.6 is 0 Å². The summed E-state index contributed by atoms with van der Waals surface area (Å²) in [5.41, 5.74) is 1.85. The second kappa shape index (κ2) is 7.36. The van der Waals surface area contributed by atoms with Crippen molar-refractivity contribution in [1.29, 1.82) is 0 Å². The number of benzene rings is 1. The molecule has 0 atom stereocenters. The number of halogens is 1. The minimum atomic E-state index is -0.583. The van der Waals surface area contributed by atoms with E-state index in [1.807, 2.05) is 0 Å². The molecule has 0 aliphatic rings. The lowest BCUT2D eigenvalue weighted by atomic mass is 10.1. The first kappa shape index (κ1) is 18.2. The van der Waals surface area contributed by atoms with Crippen molar-refractivity contribution in [1.82, 2.24) is 20.3 Å². The molecule has 0 fully saturated rings. The van der Waals surface area contributed by atoms with Crippen molar-refractivity contribution in [2.24, 2.45) is 0 Å². The van der Waals surface area contributed by atoms with Gasteiger partial charge in [0.2, 0.25) is 0 Å². The van der Waals surface area contributed by atoms with Gasteiger partial charge in [-0.1, -0.05) is 17.3 Å². The van der Waals surface area contributed by atoms with Crippen LogP contribution in [0.15, 0.2) is 34.9 Å². The molecule has 2 aromatic heterocycles. The monoisotopic (exact) mass is 373 g/mol. The lowest BCUT2D eigenvalue weighted by Crippen LogP contribution is -2.24. The van der Waals surface area contributed by atoms with E-state index in [0.717, 1.165) is 5.56 Å². The highest BCUT2D eigenvalue weighted by Crippen LogP contribution is 2.18. The fourth-order valence-corrected chi connectivity index (χ4v) is 2.52. The Labute approximate surface area is 152 Å². The summed E-state index contributed by atoms with van der Waals surface area (Å²) in [6, 6.07) is 7.09. The van der Waals surface area contributed by atoms with Crippen LogP contribution in [0.3, 0.4) is 0 Å². The van der Waals surface area contributed by atoms with Crippen LogP contribution in [0.1, 0.15) is 33.1 Å². The van der Waals surface area contributed by atoms with Crippen molar-refractivity contribution < 1.29 is 18.6 Å². The topological polar surface area (TPSA) is 116 Å². The maximum absolute atomic E-state index is 12.9. The number of rotatable bonds is 6. The SMILES string of the molecule is Cc1onc(C(=O)NCc2ccc(F)cc2)c1Cn1nc([N+](=O)[O-])cc1C. The maximum atomic E-state index is 12.9. The van der Waals surface area contributed by atoms with Gasteiger partial charge in [0.05, 0.1) is 29.0 Å². The van der Waals surface area contributed by atoms with E-state index in [-0.39, 0.29) is 30.4 Å². The average molecular weight is 373 g/mol. The number of hydrogen-bond acceptors (Lipinski definition) is 6. The zero-order chi connectivity index (χ0) is 19.6. The molecule has 3 rings (SSSR count). The van der Waals surface area contributed by atoms with E-state index >= 15 is 0 Å². The molecule has 0 radical (unpaired) electrons. The molecule has 0 saturated carbocycles. The van der Waals surface area contributed by atoms with Crippen molar-refractivity contribution in [3.63, 3.8) is 0 Å². The van der Waals surface area contributed by atoms with Gasteiger partial charge in [-0.15, -0.1) is 0 Å². The number of nitrogens with zero attached hydrogens (tertiary/aromatic N) is 4. The molecule has 0 spiro atoms. The molecular weight excluding hydrogens is 357 g/mol. The van der Waals surface area contributed by atoms with Crippen molar-refractivity contribution >= 4 is 11.7 Å². The van der Waals surface area contributed by atoms with E-state index in [9.17, 15) is 19.3 Å². The highest BCUT2D eigenvalue weighted by atomic mass is 19.1. The molecule has 0 aliphatic carbocycles. The van der Waals surface area contributed by atoms with E-state index in [0.29, 0.717) is 17.0 Å². The molecule has 2 heterocycles. The molecule has 1 N–H and O–H groups in total. The zero-order valence-electron chi connectivity index (χ0n) is 14.6. The molecule has 0 saturated heterocycles. The van der Waals surface area contributed by atoms with Gasteiger partial charge < -0.3 is 20.0 Å². The summed E-state index contributed by atoms with van der Waals surface area (Å²) in [6.07, 6.45) is 0. The summed E-state index contributed by atoms with van der Waals surface area (Å²) in [6.45, 7) is 3.62. The standard InChI is InChI=1S/C17H16FN5O4/c1-10-7-15(23(25)26)20-22(10)9-14-11(2)27-21-16(14)17(24)19-8-12-3-5-13(18)6-4-12/h3-7H,8-9H2,1-2H3,(H,19,24). The molecule has 1 amide bonds. The van der Waals surface area contributed by atoms with Crippen LogP contribution in [0.5, 0.6) is 0 Å². The van der Waals surface area contributed by atoms with Gasteiger partial charge in [-0.25, -0.2) is 4.39 Å². The van der Waals surface area contributed by atoms with Crippen LogP contribution in [0, 0.1) is 29.8 Å². The lowest BCUT2D eigenvalue weighted by molar-refractivity contribution is -0.389. The summed E-state index contributed by atoms with van der Waals surface area (Å²) >= 11 is 0. The van der Waals surface area contributed by atoms with Gasteiger partial charge in [-0.05, 0) is 36.5 Å². The Morgan fingerprint density at radius 2 is 2.04 bits per heavy atom.